The molecule has 1 atom stereocenters. The van der Waals surface area contributed by atoms with E-state index in [1.807, 2.05) is 19.1 Å². The van der Waals surface area contributed by atoms with Gasteiger partial charge in [-0.05, 0) is 69.2 Å². The summed E-state index contributed by atoms with van der Waals surface area (Å²) in [6.45, 7) is 3.51. The molecule has 2 aromatic carbocycles. The van der Waals surface area contributed by atoms with Crippen LogP contribution in [0.15, 0.2) is 42.5 Å². The molecule has 38 heavy (non-hydrogen) atoms. The Morgan fingerprint density at radius 2 is 1.76 bits per heavy atom. The third-order valence-corrected chi connectivity index (χ3v) is 8.29. The molecule has 1 saturated heterocycles. The highest BCUT2D eigenvalue weighted by atomic mass is 16.6. The Bertz CT molecular complexity index is 1280. The molecule has 202 valence electrons. The predicted octanol–water partition coefficient (Wildman–Crippen LogP) is 7.00. The number of hydrogen-bond donors (Lipinski definition) is 1. The standard InChI is InChI=1S/C31H39N3O4/c1-20(21-7-8-21)37-31(35)32-23-11-9-22(10-12-23)29-30(33(2)3)27-14-13-26(38-25-15-17-36-18-16-25)19-28(27)34(29)24-5-4-6-24/h9-14,19-21,24-25H,4-8,15-18H2,1-3H3,(H,32,35). The van der Waals surface area contributed by atoms with E-state index in [-0.39, 0.29) is 18.3 Å². The Morgan fingerprint density at radius 1 is 1.03 bits per heavy atom. The van der Waals surface area contributed by atoms with Gasteiger partial charge in [0.25, 0.3) is 0 Å². The average molecular weight is 518 g/mol. The maximum Gasteiger partial charge on any atom is 0.411 e. The first-order valence-corrected chi connectivity index (χ1v) is 14.2. The van der Waals surface area contributed by atoms with Crippen molar-refractivity contribution in [1.82, 2.24) is 4.57 Å². The molecule has 1 N–H and O–H groups in total. The highest BCUT2D eigenvalue weighted by molar-refractivity contribution is 6.03. The van der Waals surface area contributed by atoms with Gasteiger partial charge in [-0.1, -0.05) is 12.1 Å². The number of benzene rings is 2. The zero-order valence-corrected chi connectivity index (χ0v) is 22.7. The Hall–Kier alpha value is -3.19. The highest BCUT2D eigenvalue weighted by Gasteiger charge is 2.31. The minimum atomic E-state index is -0.383. The van der Waals surface area contributed by atoms with Crippen LogP contribution in [-0.2, 0) is 9.47 Å². The van der Waals surface area contributed by atoms with Gasteiger partial charge >= 0.3 is 6.09 Å². The maximum atomic E-state index is 12.4. The van der Waals surface area contributed by atoms with Crippen LogP contribution < -0.4 is 15.0 Å². The molecule has 2 saturated carbocycles. The topological polar surface area (TPSA) is 65.0 Å². The number of carbonyl (C=O) groups is 1. The summed E-state index contributed by atoms with van der Waals surface area (Å²) in [4.78, 5) is 14.6. The van der Waals surface area contributed by atoms with E-state index >= 15 is 0 Å². The lowest BCUT2D eigenvalue weighted by atomic mass is 9.92. The number of nitrogens with zero attached hydrogens (tertiary/aromatic N) is 2. The second-order valence-corrected chi connectivity index (χ2v) is 11.3. The van der Waals surface area contributed by atoms with Gasteiger partial charge in [0.05, 0.1) is 30.1 Å². The fraction of sp³-hybridized carbons (Fsp3) is 0.516. The van der Waals surface area contributed by atoms with E-state index in [0.29, 0.717) is 12.0 Å². The van der Waals surface area contributed by atoms with Crippen molar-refractivity contribution in [3.8, 4) is 17.0 Å². The number of fused-ring (bicyclic) bond motifs is 1. The number of carbonyl (C=O) groups excluding carboxylic acids is 1. The smallest absolute Gasteiger partial charge is 0.411 e. The first-order valence-electron chi connectivity index (χ1n) is 14.2. The van der Waals surface area contributed by atoms with Gasteiger partial charge in [-0.25, -0.2) is 4.79 Å². The first-order chi connectivity index (χ1) is 18.5. The van der Waals surface area contributed by atoms with Crippen molar-refractivity contribution in [3.63, 3.8) is 0 Å². The first kappa shape index (κ1) is 25.1. The molecule has 3 aliphatic rings. The van der Waals surface area contributed by atoms with E-state index in [4.69, 9.17) is 14.2 Å². The van der Waals surface area contributed by atoms with E-state index < -0.39 is 0 Å². The molecule has 0 spiro atoms. The summed E-state index contributed by atoms with van der Waals surface area (Å²) in [5.41, 5.74) is 5.52. The molecule has 3 fully saturated rings. The van der Waals surface area contributed by atoms with Gasteiger partial charge < -0.3 is 23.7 Å². The fourth-order valence-electron chi connectivity index (χ4n) is 5.77. The van der Waals surface area contributed by atoms with Crippen molar-refractivity contribution in [2.45, 2.75) is 70.1 Å². The minimum Gasteiger partial charge on any atom is -0.490 e. The van der Waals surface area contributed by atoms with Gasteiger partial charge in [-0.15, -0.1) is 0 Å². The second kappa shape index (κ2) is 10.5. The van der Waals surface area contributed by atoms with E-state index in [1.54, 1.807) is 0 Å². The van der Waals surface area contributed by atoms with Gasteiger partial charge in [0, 0.05) is 55.7 Å². The lowest BCUT2D eigenvalue weighted by Gasteiger charge is -2.31. The van der Waals surface area contributed by atoms with Crippen molar-refractivity contribution in [1.29, 1.82) is 0 Å². The van der Waals surface area contributed by atoms with E-state index in [9.17, 15) is 4.79 Å². The predicted molar refractivity (Wildman–Crippen MR) is 151 cm³/mol. The van der Waals surface area contributed by atoms with E-state index in [0.717, 1.165) is 55.9 Å². The number of rotatable bonds is 8. The molecule has 2 aliphatic carbocycles. The summed E-state index contributed by atoms with van der Waals surface area (Å²) in [6.07, 6.45) is 7.57. The molecular weight excluding hydrogens is 478 g/mol. The SMILES string of the molecule is CC(OC(=O)Nc1ccc(-c2c(N(C)C)c3ccc(OC4CCOCC4)cc3n2C2CCC2)cc1)C1CC1. The third kappa shape index (κ3) is 5.08. The minimum absolute atomic E-state index is 0.0320. The summed E-state index contributed by atoms with van der Waals surface area (Å²) in [7, 11) is 4.23. The molecule has 1 aliphatic heterocycles. The molecule has 7 nitrogen and oxygen atoms in total. The summed E-state index contributed by atoms with van der Waals surface area (Å²) in [6, 6.07) is 15.2. The number of anilines is 2. The van der Waals surface area contributed by atoms with E-state index in [2.05, 4.69) is 59.2 Å². The van der Waals surface area contributed by atoms with Crippen molar-refractivity contribution in [2.75, 3.05) is 37.5 Å². The van der Waals surface area contributed by atoms with Crippen LogP contribution in [0.25, 0.3) is 22.2 Å². The largest absolute Gasteiger partial charge is 0.490 e. The summed E-state index contributed by atoms with van der Waals surface area (Å²) in [5, 5.41) is 4.13. The average Bonchev–Trinajstić information content (AvgIpc) is 3.68. The molecule has 0 bridgehead atoms. The molecule has 7 heteroatoms. The number of nitrogens with one attached hydrogen (secondary N) is 1. The van der Waals surface area contributed by atoms with Gasteiger partial charge in [0.1, 0.15) is 18.0 Å². The molecule has 1 amide bonds. The Morgan fingerprint density at radius 3 is 2.39 bits per heavy atom. The number of ether oxygens (including phenoxy) is 3. The molecule has 1 unspecified atom stereocenters. The van der Waals surface area contributed by atoms with Gasteiger partial charge in [-0.2, -0.15) is 0 Å². The number of hydrogen-bond acceptors (Lipinski definition) is 5. The van der Waals surface area contributed by atoms with Crippen LogP contribution >= 0.6 is 0 Å². The normalized spacial score (nSPS) is 19.1. The number of aromatic nitrogens is 1. The van der Waals surface area contributed by atoms with Crippen LogP contribution in [0.4, 0.5) is 16.2 Å². The molecule has 0 radical (unpaired) electrons. The van der Waals surface area contributed by atoms with Crippen LogP contribution in [-0.4, -0.2) is 50.2 Å². The van der Waals surface area contributed by atoms with Crippen LogP contribution in [0.5, 0.6) is 5.75 Å². The lowest BCUT2D eigenvalue weighted by molar-refractivity contribution is 0.0256. The van der Waals surface area contributed by atoms with Crippen LogP contribution in [0.2, 0.25) is 0 Å². The molecule has 1 aromatic heterocycles. The van der Waals surface area contributed by atoms with Crippen molar-refractivity contribution in [2.24, 2.45) is 5.92 Å². The van der Waals surface area contributed by atoms with Crippen LogP contribution in [0.1, 0.15) is 57.9 Å². The third-order valence-electron chi connectivity index (χ3n) is 8.29. The van der Waals surface area contributed by atoms with Gasteiger partial charge in [0.2, 0.25) is 0 Å². The molecular formula is C31H39N3O4. The Labute approximate surface area is 225 Å². The Kier molecular flexibility index (Phi) is 6.95. The maximum absolute atomic E-state index is 12.4. The van der Waals surface area contributed by atoms with Crippen molar-refractivity contribution in [3.05, 3.63) is 42.5 Å². The molecule has 6 rings (SSSR count). The highest BCUT2D eigenvalue weighted by Crippen LogP contribution is 2.47. The zero-order valence-electron chi connectivity index (χ0n) is 22.7. The second-order valence-electron chi connectivity index (χ2n) is 11.3. The fourth-order valence-corrected chi connectivity index (χ4v) is 5.77. The zero-order chi connectivity index (χ0) is 26.2. The van der Waals surface area contributed by atoms with Crippen molar-refractivity contribution >= 4 is 28.4 Å². The lowest BCUT2D eigenvalue weighted by Crippen LogP contribution is -2.25. The van der Waals surface area contributed by atoms with Gasteiger partial charge in [0.15, 0.2) is 0 Å². The van der Waals surface area contributed by atoms with Crippen LogP contribution in [0, 0.1) is 5.92 Å². The van der Waals surface area contributed by atoms with Crippen molar-refractivity contribution < 1.29 is 19.0 Å². The molecule has 3 aromatic rings. The summed E-state index contributed by atoms with van der Waals surface area (Å²) in [5.74, 6) is 1.45. The molecule has 2 heterocycles. The Balaban J connectivity index is 1.33. The summed E-state index contributed by atoms with van der Waals surface area (Å²) >= 11 is 0. The quantitative estimate of drug-likeness (QED) is 0.348. The number of amides is 1. The monoisotopic (exact) mass is 517 g/mol. The summed E-state index contributed by atoms with van der Waals surface area (Å²) < 4.78 is 20.0. The van der Waals surface area contributed by atoms with Crippen LogP contribution in [0.3, 0.4) is 0 Å². The van der Waals surface area contributed by atoms with Gasteiger partial charge in [-0.3, -0.25) is 5.32 Å². The van der Waals surface area contributed by atoms with E-state index in [1.165, 1.54) is 41.5 Å².